The van der Waals surface area contributed by atoms with E-state index in [1.54, 1.807) is 0 Å². The maximum absolute atomic E-state index is 11.8. The van der Waals surface area contributed by atoms with Crippen molar-refractivity contribution in [2.75, 3.05) is 0 Å². The lowest BCUT2D eigenvalue weighted by Gasteiger charge is -2.32. The standard InChI is InChI=1S/C27H54O7/c1-11-15-17-23(13-3)19-21(5)26(7,8)31-33-29-25(28)30-34-32-27(9,10)22(6)20-24(14-4)18-16-12-2/h21-24H,11-20H2,1-10H3. The first kappa shape index (κ1) is 33.1. The molecule has 0 aliphatic heterocycles. The number of rotatable bonds is 20. The predicted octanol–water partition coefficient (Wildman–Crippen LogP) is 8.91. The van der Waals surface area contributed by atoms with Gasteiger partial charge in [0.05, 0.1) is 0 Å². The van der Waals surface area contributed by atoms with Crippen LogP contribution in [0.15, 0.2) is 0 Å². The molecule has 0 saturated heterocycles. The van der Waals surface area contributed by atoms with Crippen LogP contribution in [0.1, 0.15) is 133 Å². The third-order valence-electron chi connectivity index (χ3n) is 7.54. The lowest BCUT2D eigenvalue weighted by atomic mass is 9.82. The van der Waals surface area contributed by atoms with E-state index in [0.29, 0.717) is 11.8 Å². The van der Waals surface area contributed by atoms with Gasteiger partial charge in [-0.3, -0.25) is 0 Å². The summed E-state index contributed by atoms with van der Waals surface area (Å²) in [5.74, 6) is 1.69. The smallest absolute Gasteiger partial charge is 0.226 e. The Kier molecular flexibility index (Phi) is 17.1. The highest BCUT2D eigenvalue weighted by molar-refractivity contribution is 5.57. The summed E-state index contributed by atoms with van der Waals surface area (Å²) in [4.78, 5) is 31.6. The van der Waals surface area contributed by atoms with Gasteiger partial charge >= 0.3 is 6.16 Å². The largest absolute Gasteiger partial charge is 0.577 e. The van der Waals surface area contributed by atoms with Crippen LogP contribution in [0, 0.1) is 23.7 Å². The Morgan fingerprint density at radius 1 is 0.676 bits per heavy atom. The van der Waals surface area contributed by atoms with Crippen molar-refractivity contribution in [3.8, 4) is 0 Å². The molecule has 0 aliphatic carbocycles. The average molecular weight is 491 g/mol. The third kappa shape index (κ3) is 13.9. The molecule has 0 aromatic heterocycles. The molecule has 0 aromatic rings. The van der Waals surface area contributed by atoms with Gasteiger partial charge in [0.2, 0.25) is 0 Å². The Morgan fingerprint density at radius 2 is 1.03 bits per heavy atom. The molecule has 0 bridgehead atoms. The molecule has 0 fully saturated rings. The molecule has 0 aromatic carbocycles. The topological polar surface area (TPSA) is 72.5 Å². The summed E-state index contributed by atoms with van der Waals surface area (Å²) in [6.45, 7) is 20.7. The summed E-state index contributed by atoms with van der Waals surface area (Å²) in [5.41, 5.74) is -1.27. The minimum atomic E-state index is -1.20. The van der Waals surface area contributed by atoms with E-state index in [1.807, 2.05) is 27.7 Å². The molecular formula is C27H54O7. The van der Waals surface area contributed by atoms with Gasteiger partial charge in [-0.1, -0.05) is 92.9 Å². The van der Waals surface area contributed by atoms with Crippen LogP contribution in [0.5, 0.6) is 0 Å². The Hall–Kier alpha value is -0.890. The monoisotopic (exact) mass is 490 g/mol. The zero-order valence-corrected chi connectivity index (χ0v) is 23.7. The molecule has 0 N–H and O–H groups in total. The Morgan fingerprint density at radius 3 is 1.32 bits per heavy atom. The van der Waals surface area contributed by atoms with Crippen molar-refractivity contribution in [2.24, 2.45) is 23.7 Å². The Bertz CT molecular complexity index is 477. The second-order valence-corrected chi connectivity index (χ2v) is 11.0. The van der Waals surface area contributed by atoms with Crippen molar-refractivity contribution in [3.05, 3.63) is 0 Å². The van der Waals surface area contributed by atoms with Crippen LogP contribution in [0.3, 0.4) is 0 Å². The maximum Gasteiger partial charge on any atom is 0.577 e. The summed E-state index contributed by atoms with van der Waals surface area (Å²) in [6.07, 6.45) is 10.4. The summed E-state index contributed by atoms with van der Waals surface area (Å²) in [7, 11) is 0. The van der Waals surface area contributed by atoms with E-state index in [2.05, 4.69) is 51.3 Å². The van der Waals surface area contributed by atoms with Gasteiger partial charge in [0, 0.05) is 0 Å². The quantitative estimate of drug-likeness (QED) is 0.125. The predicted molar refractivity (Wildman–Crippen MR) is 134 cm³/mol. The fraction of sp³-hybridized carbons (Fsp3) is 0.963. The van der Waals surface area contributed by atoms with Gasteiger partial charge in [-0.15, -0.1) is 0 Å². The van der Waals surface area contributed by atoms with Crippen LogP contribution in [0.25, 0.3) is 0 Å². The molecule has 0 rings (SSSR count). The van der Waals surface area contributed by atoms with Crippen LogP contribution in [-0.2, 0) is 29.6 Å². The summed E-state index contributed by atoms with van der Waals surface area (Å²) in [6, 6.07) is 0. The molecule has 0 aliphatic rings. The molecule has 34 heavy (non-hydrogen) atoms. The summed E-state index contributed by atoms with van der Waals surface area (Å²) < 4.78 is 0. The van der Waals surface area contributed by atoms with Crippen molar-refractivity contribution < 1.29 is 34.4 Å². The van der Waals surface area contributed by atoms with Gasteiger partial charge in [0.15, 0.2) is 0 Å². The minimum absolute atomic E-state index is 0.208. The molecule has 7 heteroatoms. The first-order chi connectivity index (χ1) is 15.9. The van der Waals surface area contributed by atoms with E-state index < -0.39 is 17.4 Å². The highest BCUT2D eigenvalue weighted by atomic mass is 17.6. The van der Waals surface area contributed by atoms with Crippen LogP contribution in [-0.4, -0.2) is 17.4 Å². The van der Waals surface area contributed by atoms with E-state index in [0.717, 1.165) is 25.7 Å². The van der Waals surface area contributed by atoms with Crippen LogP contribution in [0.2, 0.25) is 0 Å². The van der Waals surface area contributed by atoms with E-state index in [9.17, 15) is 4.79 Å². The first-order valence-corrected chi connectivity index (χ1v) is 13.5. The molecule has 0 spiro atoms. The second kappa shape index (κ2) is 17.5. The second-order valence-electron chi connectivity index (χ2n) is 11.0. The minimum Gasteiger partial charge on any atom is -0.226 e. The van der Waals surface area contributed by atoms with Crippen molar-refractivity contribution in [3.63, 3.8) is 0 Å². The van der Waals surface area contributed by atoms with Gasteiger partial charge in [-0.25, -0.2) is 9.78 Å². The van der Waals surface area contributed by atoms with Crippen molar-refractivity contribution >= 4 is 6.16 Å². The lowest BCUT2D eigenvalue weighted by Crippen LogP contribution is -2.35. The summed E-state index contributed by atoms with van der Waals surface area (Å²) in [5, 5.41) is 9.40. The fourth-order valence-corrected chi connectivity index (χ4v) is 3.97. The molecule has 0 heterocycles. The van der Waals surface area contributed by atoms with Crippen molar-refractivity contribution in [1.29, 1.82) is 0 Å². The van der Waals surface area contributed by atoms with Crippen molar-refractivity contribution in [1.82, 2.24) is 0 Å². The third-order valence-corrected chi connectivity index (χ3v) is 7.54. The summed E-state index contributed by atoms with van der Waals surface area (Å²) >= 11 is 0. The van der Waals surface area contributed by atoms with Crippen LogP contribution < -0.4 is 0 Å². The average Bonchev–Trinajstić information content (AvgIpc) is 2.78. The molecule has 0 amide bonds. The zero-order valence-electron chi connectivity index (χ0n) is 23.7. The normalized spacial score (nSPS) is 16.1. The van der Waals surface area contributed by atoms with E-state index >= 15 is 0 Å². The van der Waals surface area contributed by atoms with Gasteiger partial charge < -0.3 is 0 Å². The Labute approximate surface area is 209 Å². The molecule has 4 atom stereocenters. The Balaban J connectivity index is 4.35. The number of unbranched alkanes of at least 4 members (excludes halogenated alkanes) is 2. The van der Waals surface area contributed by atoms with E-state index in [-0.39, 0.29) is 11.8 Å². The molecule has 0 saturated carbocycles. The van der Waals surface area contributed by atoms with Gasteiger partial charge in [0.25, 0.3) is 0 Å². The first-order valence-electron chi connectivity index (χ1n) is 13.5. The molecule has 4 unspecified atom stereocenters. The van der Waals surface area contributed by atoms with Gasteiger partial charge in [-0.2, -0.15) is 14.6 Å². The van der Waals surface area contributed by atoms with Crippen LogP contribution in [0.4, 0.5) is 4.79 Å². The lowest BCUT2D eigenvalue weighted by molar-refractivity contribution is -0.557. The van der Waals surface area contributed by atoms with E-state index in [4.69, 9.17) is 19.9 Å². The molecule has 7 nitrogen and oxygen atoms in total. The highest BCUT2D eigenvalue weighted by Crippen LogP contribution is 2.32. The van der Waals surface area contributed by atoms with Gasteiger partial charge in [0.1, 0.15) is 11.2 Å². The van der Waals surface area contributed by atoms with Crippen LogP contribution >= 0.6 is 0 Å². The number of carbonyl (C=O) groups is 1. The SMILES string of the molecule is CCCCC(CC)CC(C)C(C)(C)OOOC(=O)OOOC(C)(C)C(C)CC(CC)CCCC. The van der Waals surface area contributed by atoms with Gasteiger partial charge in [-0.05, 0) is 74.3 Å². The number of hydrogen-bond donors (Lipinski definition) is 0. The molecule has 204 valence electrons. The molecular weight excluding hydrogens is 436 g/mol. The highest BCUT2D eigenvalue weighted by Gasteiger charge is 2.32. The molecule has 0 radical (unpaired) electrons. The van der Waals surface area contributed by atoms with E-state index in [1.165, 1.54) is 38.5 Å². The fourth-order valence-electron chi connectivity index (χ4n) is 3.97. The number of carbonyl (C=O) groups excluding carboxylic acids is 1. The maximum atomic E-state index is 11.8. The zero-order chi connectivity index (χ0) is 26.2. The number of hydrogen-bond acceptors (Lipinski definition) is 7. The van der Waals surface area contributed by atoms with Crippen molar-refractivity contribution in [2.45, 2.75) is 145 Å².